The summed E-state index contributed by atoms with van der Waals surface area (Å²) in [7, 11) is 1.61. The van der Waals surface area contributed by atoms with Gasteiger partial charge in [0.05, 0.1) is 24.5 Å². The molecule has 2 N–H and O–H groups in total. The lowest BCUT2D eigenvalue weighted by Crippen LogP contribution is -2.28. The van der Waals surface area contributed by atoms with Crippen LogP contribution in [0.15, 0.2) is 23.7 Å². The van der Waals surface area contributed by atoms with Gasteiger partial charge in [0.2, 0.25) is 0 Å². The quantitative estimate of drug-likeness (QED) is 0.886. The van der Waals surface area contributed by atoms with Crippen LogP contribution in [0.4, 0.5) is 9.93 Å². The van der Waals surface area contributed by atoms with Crippen LogP contribution in [0.5, 0.6) is 0 Å². The van der Waals surface area contributed by atoms with E-state index in [1.54, 1.807) is 13.3 Å². The molecule has 0 radical (unpaired) electrons. The molecule has 0 aliphatic heterocycles. The van der Waals surface area contributed by atoms with Gasteiger partial charge in [-0.05, 0) is 18.6 Å². The molecule has 0 aliphatic carbocycles. The molecule has 0 saturated heterocycles. The maximum atomic E-state index is 11.7. The fraction of sp³-hybridized carbons (Fsp3) is 0.308. The van der Waals surface area contributed by atoms with Gasteiger partial charge >= 0.3 is 6.03 Å². The van der Waals surface area contributed by atoms with Crippen LogP contribution in [0.1, 0.15) is 17.0 Å². The molecule has 0 atom stereocenters. The molecule has 2 heterocycles. The monoisotopic (exact) mass is 292 g/mol. The van der Waals surface area contributed by atoms with Crippen molar-refractivity contribution in [2.75, 3.05) is 12.4 Å². The molecule has 0 aromatic carbocycles. The van der Waals surface area contributed by atoms with Gasteiger partial charge in [0, 0.05) is 18.7 Å². The van der Waals surface area contributed by atoms with Crippen LogP contribution in [0, 0.1) is 6.92 Å². The lowest BCUT2D eigenvalue weighted by molar-refractivity contribution is 0.182. The summed E-state index contributed by atoms with van der Waals surface area (Å²) in [5.74, 6) is 0. The number of carbonyl (C=O) groups is 1. The number of aryl methyl sites for hydroxylation is 1. The predicted octanol–water partition coefficient (Wildman–Crippen LogP) is 2.31. The van der Waals surface area contributed by atoms with Gasteiger partial charge < -0.3 is 10.1 Å². The van der Waals surface area contributed by atoms with Crippen molar-refractivity contribution < 1.29 is 9.53 Å². The molecule has 0 unspecified atom stereocenters. The van der Waals surface area contributed by atoms with Gasteiger partial charge in [0.25, 0.3) is 0 Å². The lowest BCUT2D eigenvalue weighted by Gasteiger charge is -2.06. The number of hydrogen-bond donors (Lipinski definition) is 2. The van der Waals surface area contributed by atoms with Crippen molar-refractivity contribution in [2.45, 2.75) is 20.1 Å². The molecule has 6 nitrogen and oxygen atoms in total. The van der Waals surface area contributed by atoms with Crippen LogP contribution < -0.4 is 10.6 Å². The van der Waals surface area contributed by atoms with E-state index in [1.165, 1.54) is 11.3 Å². The van der Waals surface area contributed by atoms with E-state index in [0.717, 1.165) is 17.0 Å². The number of pyridine rings is 1. The van der Waals surface area contributed by atoms with Crippen LogP contribution in [0.3, 0.4) is 0 Å². The van der Waals surface area contributed by atoms with Gasteiger partial charge in [-0.1, -0.05) is 6.07 Å². The molecule has 2 rings (SSSR count). The minimum Gasteiger partial charge on any atom is -0.378 e. The fourth-order valence-corrected chi connectivity index (χ4v) is 2.28. The van der Waals surface area contributed by atoms with Gasteiger partial charge in [-0.2, -0.15) is 0 Å². The van der Waals surface area contributed by atoms with E-state index in [4.69, 9.17) is 4.74 Å². The molecular formula is C13H16N4O2S. The number of ether oxygens (including phenoxy) is 1. The average molecular weight is 292 g/mol. The summed E-state index contributed by atoms with van der Waals surface area (Å²) in [5, 5.41) is 7.83. The topological polar surface area (TPSA) is 76.1 Å². The molecular weight excluding hydrogens is 276 g/mol. The minimum atomic E-state index is -0.298. The van der Waals surface area contributed by atoms with E-state index in [1.807, 2.05) is 24.4 Å². The Morgan fingerprint density at radius 2 is 2.35 bits per heavy atom. The van der Waals surface area contributed by atoms with E-state index in [-0.39, 0.29) is 6.03 Å². The minimum absolute atomic E-state index is 0.298. The first-order valence-electron chi connectivity index (χ1n) is 6.07. The zero-order chi connectivity index (χ0) is 14.4. The van der Waals surface area contributed by atoms with Crippen molar-refractivity contribution in [1.82, 2.24) is 15.3 Å². The molecule has 0 spiro atoms. The Hall–Kier alpha value is -1.99. The van der Waals surface area contributed by atoms with Crippen LogP contribution in [-0.4, -0.2) is 23.1 Å². The average Bonchev–Trinajstić information content (AvgIpc) is 2.85. The van der Waals surface area contributed by atoms with E-state index in [2.05, 4.69) is 20.6 Å². The highest BCUT2D eigenvalue weighted by atomic mass is 32.1. The first-order valence-corrected chi connectivity index (χ1v) is 6.95. The first kappa shape index (κ1) is 14.4. The number of nitrogens with one attached hydrogen (secondary N) is 2. The summed E-state index contributed by atoms with van der Waals surface area (Å²) in [6.07, 6.45) is 1.71. The zero-order valence-corrected chi connectivity index (χ0v) is 12.2. The predicted molar refractivity (Wildman–Crippen MR) is 77.7 cm³/mol. The molecule has 0 aliphatic rings. The fourth-order valence-electron chi connectivity index (χ4n) is 1.59. The van der Waals surface area contributed by atoms with E-state index >= 15 is 0 Å². The second-order valence-electron chi connectivity index (χ2n) is 4.15. The third kappa shape index (κ3) is 4.01. The summed E-state index contributed by atoms with van der Waals surface area (Å²) in [4.78, 5) is 20.2. The van der Waals surface area contributed by atoms with E-state index in [0.29, 0.717) is 18.3 Å². The number of aromatic nitrogens is 2. The van der Waals surface area contributed by atoms with Gasteiger partial charge in [0.1, 0.15) is 0 Å². The molecule has 2 amide bonds. The second kappa shape index (κ2) is 6.97. The lowest BCUT2D eigenvalue weighted by atomic mass is 10.2. The molecule has 0 saturated carbocycles. The van der Waals surface area contributed by atoms with Crippen molar-refractivity contribution in [2.24, 2.45) is 0 Å². The first-order chi connectivity index (χ1) is 9.69. The number of amides is 2. The number of anilines is 1. The number of urea groups is 1. The molecule has 2 aromatic heterocycles. The van der Waals surface area contributed by atoms with Crippen molar-refractivity contribution >= 4 is 22.5 Å². The third-order valence-electron chi connectivity index (χ3n) is 2.60. The van der Waals surface area contributed by atoms with E-state index < -0.39 is 0 Å². The smallest absolute Gasteiger partial charge is 0.321 e. The molecule has 0 bridgehead atoms. The number of thiazole rings is 1. The standard InChI is InChI=1S/C13H16N4O2S/c1-9-4-3-5-14-11(9)6-15-12(18)17-13-16-10(7-19-2)8-20-13/h3-5,8H,6-7H2,1-2H3,(H2,15,16,17,18). The summed E-state index contributed by atoms with van der Waals surface area (Å²) in [6, 6.07) is 3.53. The highest BCUT2D eigenvalue weighted by Crippen LogP contribution is 2.15. The van der Waals surface area contributed by atoms with Crippen molar-refractivity contribution in [3.63, 3.8) is 0 Å². The Morgan fingerprint density at radius 3 is 3.10 bits per heavy atom. The molecule has 0 fully saturated rings. The highest BCUT2D eigenvalue weighted by Gasteiger charge is 2.07. The number of carbonyl (C=O) groups excluding carboxylic acids is 1. The Balaban J connectivity index is 1.84. The Bertz CT molecular complexity index is 585. The van der Waals surface area contributed by atoms with Crippen molar-refractivity contribution in [3.05, 3.63) is 40.7 Å². The van der Waals surface area contributed by atoms with Crippen LogP contribution in [0.25, 0.3) is 0 Å². The van der Waals surface area contributed by atoms with Crippen molar-refractivity contribution in [3.8, 4) is 0 Å². The summed E-state index contributed by atoms with van der Waals surface area (Å²) >= 11 is 1.36. The SMILES string of the molecule is COCc1csc(NC(=O)NCc2ncccc2C)n1. The van der Waals surface area contributed by atoms with Gasteiger partial charge in [-0.25, -0.2) is 9.78 Å². The molecule has 7 heteroatoms. The summed E-state index contributed by atoms with van der Waals surface area (Å²) in [6.45, 7) is 2.78. The van der Waals surface area contributed by atoms with Gasteiger partial charge in [0.15, 0.2) is 5.13 Å². The Morgan fingerprint density at radius 1 is 1.50 bits per heavy atom. The third-order valence-corrected chi connectivity index (χ3v) is 3.41. The highest BCUT2D eigenvalue weighted by molar-refractivity contribution is 7.13. The Labute approximate surface area is 121 Å². The van der Waals surface area contributed by atoms with Crippen LogP contribution in [-0.2, 0) is 17.9 Å². The van der Waals surface area contributed by atoms with Crippen molar-refractivity contribution in [1.29, 1.82) is 0 Å². The van der Waals surface area contributed by atoms with Crippen LogP contribution in [0.2, 0.25) is 0 Å². The van der Waals surface area contributed by atoms with Gasteiger partial charge in [-0.3, -0.25) is 10.3 Å². The number of hydrogen-bond acceptors (Lipinski definition) is 5. The Kier molecular flexibility index (Phi) is 5.03. The molecule has 106 valence electrons. The molecule has 20 heavy (non-hydrogen) atoms. The van der Waals surface area contributed by atoms with Crippen LogP contribution >= 0.6 is 11.3 Å². The largest absolute Gasteiger partial charge is 0.378 e. The molecule has 2 aromatic rings. The number of rotatable bonds is 5. The number of methoxy groups -OCH3 is 1. The van der Waals surface area contributed by atoms with Gasteiger partial charge in [-0.15, -0.1) is 11.3 Å². The van der Waals surface area contributed by atoms with E-state index in [9.17, 15) is 4.79 Å². The maximum Gasteiger partial charge on any atom is 0.321 e. The summed E-state index contributed by atoms with van der Waals surface area (Å²) in [5.41, 5.74) is 2.69. The second-order valence-corrected chi connectivity index (χ2v) is 5.01. The normalized spacial score (nSPS) is 10.3. The maximum absolute atomic E-state index is 11.7. The zero-order valence-electron chi connectivity index (χ0n) is 11.3. The summed E-state index contributed by atoms with van der Waals surface area (Å²) < 4.78 is 4.97. The number of nitrogens with zero attached hydrogens (tertiary/aromatic N) is 2.